The number of aromatic nitrogens is 4. The van der Waals surface area contributed by atoms with Gasteiger partial charge in [-0.25, -0.2) is 0 Å². The zero-order valence-electron chi connectivity index (χ0n) is 17.5. The second-order valence-electron chi connectivity index (χ2n) is 6.83. The third kappa shape index (κ3) is 6.04. The van der Waals surface area contributed by atoms with Crippen LogP contribution in [0.2, 0.25) is 5.02 Å². The van der Waals surface area contributed by atoms with Crippen molar-refractivity contribution in [1.82, 2.24) is 19.7 Å². The number of nitrogens with one attached hydrogen (secondary N) is 1. The lowest BCUT2D eigenvalue weighted by Gasteiger charge is -2.11. The molecule has 1 N–H and O–H groups in total. The highest BCUT2D eigenvalue weighted by Gasteiger charge is 2.15. The maximum Gasteiger partial charge on any atom is 0.234 e. The van der Waals surface area contributed by atoms with E-state index in [1.54, 1.807) is 30.2 Å². The first-order valence-electron chi connectivity index (χ1n) is 10.0. The highest BCUT2D eigenvalue weighted by atomic mass is 35.5. The average molecular weight is 494 g/mol. The number of amides is 1. The molecule has 0 saturated carbocycles. The number of hydrogen-bond acceptors (Lipinski definition) is 6. The van der Waals surface area contributed by atoms with Crippen LogP contribution in [0.1, 0.15) is 0 Å². The van der Waals surface area contributed by atoms with Crippen LogP contribution in [-0.4, -0.2) is 31.4 Å². The minimum absolute atomic E-state index is 0.122. The van der Waals surface area contributed by atoms with E-state index in [1.807, 2.05) is 65.2 Å². The number of nitrogens with zero attached hydrogens (tertiary/aromatic N) is 4. The smallest absolute Gasteiger partial charge is 0.234 e. The molecule has 0 bridgehead atoms. The van der Waals surface area contributed by atoms with Gasteiger partial charge in [-0.05, 0) is 48.5 Å². The number of carbonyl (C=O) groups excluding carboxylic acids is 1. The largest absolute Gasteiger partial charge is 0.324 e. The summed E-state index contributed by atoms with van der Waals surface area (Å²) in [6, 6.07) is 19.1. The van der Waals surface area contributed by atoms with Crippen LogP contribution in [0.15, 0.2) is 101 Å². The van der Waals surface area contributed by atoms with Crippen molar-refractivity contribution in [2.24, 2.45) is 0 Å². The molecule has 1 amide bonds. The molecule has 0 unspecified atom stereocenters. The topological polar surface area (TPSA) is 72.7 Å². The number of halogens is 1. The predicted octanol–water partition coefficient (Wildman–Crippen LogP) is 6.06. The Labute approximate surface area is 205 Å². The highest BCUT2D eigenvalue weighted by molar-refractivity contribution is 8.00. The molecule has 6 nitrogen and oxygen atoms in total. The number of thioether (sulfide) groups is 1. The zero-order chi connectivity index (χ0) is 23.0. The van der Waals surface area contributed by atoms with Crippen molar-refractivity contribution >= 4 is 46.7 Å². The number of benzene rings is 2. The van der Waals surface area contributed by atoms with Gasteiger partial charge in [0.25, 0.3) is 0 Å². The predicted molar refractivity (Wildman–Crippen MR) is 135 cm³/mol. The van der Waals surface area contributed by atoms with Crippen LogP contribution in [0.5, 0.6) is 0 Å². The molecule has 4 aromatic rings. The van der Waals surface area contributed by atoms with E-state index in [4.69, 9.17) is 11.6 Å². The van der Waals surface area contributed by atoms with Crippen molar-refractivity contribution < 1.29 is 4.79 Å². The normalized spacial score (nSPS) is 10.7. The summed E-state index contributed by atoms with van der Waals surface area (Å²) in [5.41, 5.74) is 1.66. The first-order valence-corrected chi connectivity index (χ1v) is 12.2. The van der Waals surface area contributed by atoms with Crippen molar-refractivity contribution in [2.45, 2.75) is 21.5 Å². The van der Waals surface area contributed by atoms with Crippen LogP contribution >= 0.6 is 35.1 Å². The number of anilines is 1. The maximum atomic E-state index is 12.7. The molecule has 2 aromatic heterocycles. The third-order valence-corrected chi connectivity index (χ3v) is 6.80. The lowest BCUT2D eigenvalue weighted by molar-refractivity contribution is -0.113. The Morgan fingerprint density at radius 1 is 1.06 bits per heavy atom. The van der Waals surface area contributed by atoms with Crippen molar-refractivity contribution in [2.75, 3.05) is 11.1 Å². The second kappa shape index (κ2) is 11.2. The van der Waals surface area contributed by atoms with Gasteiger partial charge in [-0.3, -0.25) is 14.3 Å². The fraction of sp³-hybridized carbons (Fsp3) is 0.0833. The Morgan fingerprint density at radius 3 is 2.58 bits per heavy atom. The molecule has 0 aliphatic heterocycles. The number of pyridine rings is 1. The van der Waals surface area contributed by atoms with Crippen molar-refractivity contribution in [1.29, 1.82) is 0 Å². The van der Waals surface area contributed by atoms with Crippen molar-refractivity contribution in [3.05, 3.63) is 90.7 Å². The molecule has 0 aliphatic carbocycles. The summed E-state index contributed by atoms with van der Waals surface area (Å²) in [6.45, 7) is 4.36. The number of allylic oxidation sites excluding steroid dienone is 1. The van der Waals surface area contributed by atoms with E-state index < -0.39 is 0 Å². The minimum atomic E-state index is -0.122. The highest BCUT2D eigenvalue weighted by Crippen LogP contribution is 2.34. The van der Waals surface area contributed by atoms with E-state index in [2.05, 4.69) is 27.1 Å². The van der Waals surface area contributed by atoms with E-state index in [0.29, 0.717) is 22.5 Å². The molecule has 166 valence electrons. The Balaban J connectivity index is 1.44. The Morgan fingerprint density at radius 2 is 1.82 bits per heavy atom. The molecule has 2 aromatic carbocycles. The summed E-state index contributed by atoms with van der Waals surface area (Å²) in [5, 5.41) is 12.9. The van der Waals surface area contributed by atoms with Gasteiger partial charge in [0, 0.05) is 39.3 Å². The van der Waals surface area contributed by atoms with Gasteiger partial charge in [0.15, 0.2) is 11.0 Å². The molecule has 0 radical (unpaired) electrons. The number of rotatable bonds is 9. The van der Waals surface area contributed by atoms with E-state index >= 15 is 0 Å². The lowest BCUT2D eigenvalue weighted by atomic mass is 10.2. The summed E-state index contributed by atoms with van der Waals surface area (Å²) >= 11 is 8.88. The fourth-order valence-corrected chi connectivity index (χ4v) is 4.78. The first kappa shape index (κ1) is 23.1. The Kier molecular flexibility index (Phi) is 7.83. The third-order valence-electron chi connectivity index (χ3n) is 4.50. The van der Waals surface area contributed by atoms with Gasteiger partial charge >= 0.3 is 0 Å². The van der Waals surface area contributed by atoms with Crippen molar-refractivity contribution in [3.63, 3.8) is 0 Å². The Bertz CT molecular complexity index is 1250. The molecular weight excluding hydrogens is 474 g/mol. The molecule has 0 fully saturated rings. The van der Waals surface area contributed by atoms with Gasteiger partial charge in [0.05, 0.1) is 11.4 Å². The minimum Gasteiger partial charge on any atom is -0.324 e. The molecule has 9 heteroatoms. The summed E-state index contributed by atoms with van der Waals surface area (Å²) < 4.78 is 1.94. The average Bonchev–Trinajstić information content (AvgIpc) is 3.24. The summed E-state index contributed by atoms with van der Waals surface area (Å²) in [6.07, 6.45) is 5.20. The van der Waals surface area contributed by atoms with Crippen LogP contribution in [0, 0.1) is 0 Å². The standard InChI is InChI=1S/C24H20ClN5OS2/c1-2-15-30-23(17-11-13-26-14-12-17)28-29-24(30)32-16-22(31)27-20-5-3-4-6-21(20)33-19-9-7-18(25)8-10-19/h2-14H,1,15-16H2,(H,27,31). The summed E-state index contributed by atoms with van der Waals surface area (Å²) in [4.78, 5) is 18.8. The van der Waals surface area contributed by atoms with Crippen LogP contribution in [0.4, 0.5) is 5.69 Å². The van der Waals surface area contributed by atoms with Crippen LogP contribution in [0.25, 0.3) is 11.4 Å². The Hall–Kier alpha value is -3.07. The zero-order valence-corrected chi connectivity index (χ0v) is 19.9. The van der Waals surface area contributed by atoms with Gasteiger partial charge < -0.3 is 5.32 Å². The molecular formula is C24H20ClN5OS2. The molecule has 0 spiro atoms. The van der Waals surface area contributed by atoms with Gasteiger partial charge in [-0.15, -0.1) is 16.8 Å². The number of para-hydroxylation sites is 1. The molecule has 0 saturated heterocycles. The number of carbonyl (C=O) groups is 1. The van der Waals surface area contributed by atoms with E-state index in [-0.39, 0.29) is 11.7 Å². The van der Waals surface area contributed by atoms with Crippen LogP contribution < -0.4 is 5.32 Å². The lowest BCUT2D eigenvalue weighted by Crippen LogP contribution is -2.15. The van der Waals surface area contributed by atoms with Gasteiger partial charge in [0.2, 0.25) is 5.91 Å². The first-order chi connectivity index (χ1) is 16.1. The monoisotopic (exact) mass is 493 g/mol. The van der Waals surface area contributed by atoms with Gasteiger partial charge in [-0.2, -0.15) is 0 Å². The fourth-order valence-electron chi connectivity index (χ4n) is 3.01. The maximum absolute atomic E-state index is 12.7. The van der Waals surface area contributed by atoms with Crippen molar-refractivity contribution in [3.8, 4) is 11.4 Å². The van der Waals surface area contributed by atoms with Crippen LogP contribution in [0.3, 0.4) is 0 Å². The van der Waals surface area contributed by atoms with Crippen LogP contribution in [-0.2, 0) is 11.3 Å². The molecule has 4 rings (SSSR count). The molecule has 2 heterocycles. The van der Waals surface area contributed by atoms with E-state index in [9.17, 15) is 4.79 Å². The molecule has 0 atom stereocenters. The summed E-state index contributed by atoms with van der Waals surface area (Å²) in [7, 11) is 0. The second-order valence-corrected chi connectivity index (χ2v) is 9.32. The number of hydrogen-bond donors (Lipinski definition) is 1. The SMILES string of the molecule is C=CCn1c(SCC(=O)Nc2ccccc2Sc2ccc(Cl)cc2)nnc1-c1ccncc1. The van der Waals surface area contributed by atoms with E-state index in [0.717, 1.165) is 21.0 Å². The quantitative estimate of drug-likeness (QED) is 0.225. The molecule has 0 aliphatic rings. The van der Waals surface area contributed by atoms with Gasteiger partial charge in [-0.1, -0.05) is 53.3 Å². The molecule has 33 heavy (non-hydrogen) atoms. The summed E-state index contributed by atoms with van der Waals surface area (Å²) in [5.74, 6) is 0.790. The van der Waals surface area contributed by atoms with E-state index in [1.165, 1.54) is 11.8 Å². The van der Waals surface area contributed by atoms with Gasteiger partial charge in [0.1, 0.15) is 0 Å².